The second kappa shape index (κ2) is 10.6. The van der Waals surface area contributed by atoms with Gasteiger partial charge >= 0.3 is 0 Å². The maximum atomic E-state index is 8.93. The zero-order valence-electron chi connectivity index (χ0n) is 16.8. The van der Waals surface area contributed by atoms with Crippen molar-refractivity contribution < 1.29 is 9.84 Å². The van der Waals surface area contributed by atoms with Crippen LogP contribution in [0.4, 0.5) is 5.82 Å². The highest BCUT2D eigenvalue weighted by molar-refractivity contribution is 7.17. The normalized spacial score (nSPS) is 14.9. The Morgan fingerprint density at radius 3 is 2.73 bits per heavy atom. The first kappa shape index (κ1) is 22.3. The average molecular weight is 426 g/mol. The van der Waals surface area contributed by atoms with Crippen molar-refractivity contribution in [3.63, 3.8) is 0 Å². The van der Waals surface area contributed by atoms with Crippen LogP contribution >= 0.6 is 11.3 Å². The number of nitrogens with zero attached hydrogens (tertiary/aromatic N) is 3. The van der Waals surface area contributed by atoms with Crippen LogP contribution in [0.5, 0.6) is 5.75 Å². The lowest BCUT2D eigenvalue weighted by atomic mass is 10.1. The molecule has 30 heavy (non-hydrogen) atoms. The summed E-state index contributed by atoms with van der Waals surface area (Å²) in [6, 6.07) is 12.2. The molecule has 0 amide bonds. The van der Waals surface area contributed by atoms with Crippen LogP contribution in [-0.2, 0) is 0 Å². The number of piperazine rings is 1. The zero-order chi connectivity index (χ0) is 20.1. The van der Waals surface area contributed by atoms with E-state index in [1.807, 2.05) is 24.3 Å². The van der Waals surface area contributed by atoms with Crippen molar-refractivity contribution in [2.45, 2.75) is 14.4 Å². The van der Waals surface area contributed by atoms with Gasteiger partial charge in [0.1, 0.15) is 18.2 Å². The van der Waals surface area contributed by atoms with Gasteiger partial charge in [-0.1, -0.05) is 32.6 Å². The predicted octanol–water partition coefficient (Wildman–Crippen LogP) is 4.62. The number of anilines is 1. The number of fused-ring (bicyclic) bond motifs is 1. The van der Waals surface area contributed by atoms with Crippen molar-refractivity contribution in [1.82, 2.24) is 9.88 Å². The fraction of sp³-hybridized carbons (Fsp3) is 0.375. The lowest BCUT2D eigenvalue weighted by molar-refractivity contribution is 0.201. The van der Waals surface area contributed by atoms with E-state index in [4.69, 9.17) is 14.8 Å². The molecule has 0 spiro atoms. The Bertz CT molecular complexity index is 977. The third-order valence-electron chi connectivity index (χ3n) is 5.22. The maximum absolute atomic E-state index is 8.93. The molecule has 6 heteroatoms. The topological polar surface area (TPSA) is 48.8 Å². The van der Waals surface area contributed by atoms with E-state index in [9.17, 15) is 0 Å². The van der Waals surface area contributed by atoms with Crippen LogP contribution in [0.3, 0.4) is 0 Å². The second-order valence-corrected chi connectivity index (χ2v) is 8.02. The van der Waals surface area contributed by atoms with Gasteiger partial charge in [-0.2, -0.15) is 0 Å². The van der Waals surface area contributed by atoms with Crippen molar-refractivity contribution in [3.05, 3.63) is 53.0 Å². The number of hydrogen-bond acceptors (Lipinski definition) is 6. The summed E-state index contributed by atoms with van der Waals surface area (Å²) in [5.74, 6) is 1.87. The molecule has 0 aliphatic carbocycles. The fourth-order valence-corrected chi connectivity index (χ4v) is 4.50. The van der Waals surface area contributed by atoms with E-state index in [0.29, 0.717) is 6.61 Å². The van der Waals surface area contributed by atoms with Gasteiger partial charge < -0.3 is 19.6 Å². The summed E-state index contributed by atoms with van der Waals surface area (Å²) < 4.78 is 6.77. The monoisotopic (exact) mass is 425 g/mol. The molecule has 0 saturated carbocycles. The molecule has 0 atom stereocenters. The number of hydrogen-bond donors (Lipinski definition) is 1. The Labute approximate surface area is 183 Å². The van der Waals surface area contributed by atoms with Gasteiger partial charge in [0.05, 0.1) is 17.0 Å². The van der Waals surface area contributed by atoms with Crippen LogP contribution < -0.4 is 9.64 Å². The van der Waals surface area contributed by atoms with Crippen LogP contribution in [0.15, 0.2) is 41.8 Å². The Hall–Kier alpha value is -2.41. The Balaban J connectivity index is 0.00000256. The van der Waals surface area contributed by atoms with Gasteiger partial charge in [-0.15, -0.1) is 11.3 Å². The molecule has 1 aliphatic rings. The smallest absolute Gasteiger partial charge is 0.147 e. The standard InChI is InChI=1S/C23H27N3O2S.CH4/c1-2-25-9-11-26(12-10-25)23-22-19(8-15-29-22)17-20(24-23)7-6-18-4-3-5-21(16-18)28-14-13-27;/h3-8,15-17,27H,2,9-14H2,1H3;1H4/b7-6+;. The molecule has 1 aromatic carbocycles. The van der Waals surface area contributed by atoms with E-state index >= 15 is 0 Å². The summed E-state index contributed by atoms with van der Waals surface area (Å²) in [5, 5.41) is 12.3. The molecule has 1 N–H and O–H groups in total. The molecule has 4 rings (SSSR count). The molecule has 1 saturated heterocycles. The number of likely N-dealkylation sites (N-methyl/N-ethyl adjacent to an activating group) is 1. The number of aliphatic hydroxyl groups excluding tert-OH is 1. The van der Waals surface area contributed by atoms with Crippen LogP contribution in [0.25, 0.3) is 22.2 Å². The summed E-state index contributed by atoms with van der Waals surface area (Å²) in [4.78, 5) is 9.91. The summed E-state index contributed by atoms with van der Waals surface area (Å²) in [6.07, 6.45) is 4.12. The first-order valence-corrected chi connectivity index (χ1v) is 11.0. The molecule has 3 aromatic rings. The lowest BCUT2D eigenvalue weighted by Crippen LogP contribution is -2.46. The van der Waals surface area contributed by atoms with Crippen LogP contribution in [0.1, 0.15) is 25.6 Å². The molecule has 2 aromatic heterocycles. The summed E-state index contributed by atoms with van der Waals surface area (Å²) in [7, 11) is 0. The molecule has 160 valence electrons. The Morgan fingerprint density at radius 1 is 1.13 bits per heavy atom. The Kier molecular flexibility index (Phi) is 7.85. The van der Waals surface area contributed by atoms with E-state index in [1.165, 1.54) is 10.1 Å². The van der Waals surface area contributed by atoms with Gasteiger partial charge in [0.25, 0.3) is 0 Å². The average Bonchev–Trinajstić information content (AvgIpc) is 3.25. The van der Waals surface area contributed by atoms with Crippen molar-refractivity contribution in [2.24, 2.45) is 0 Å². The van der Waals surface area contributed by atoms with Gasteiger partial charge in [0.15, 0.2) is 0 Å². The van der Waals surface area contributed by atoms with Crippen molar-refractivity contribution in [1.29, 1.82) is 0 Å². The molecule has 1 fully saturated rings. The molecule has 0 radical (unpaired) electrons. The number of pyridine rings is 1. The van der Waals surface area contributed by atoms with Crippen molar-refractivity contribution in [2.75, 3.05) is 50.8 Å². The fourth-order valence-electron chi connectivity index (χ4n) is 3.61. The minimum atomic E-state index is 0. The van der Waals surface area contributed by atoms with Gasteiger partial charge in [-0.3, -0.25) is 0 Å². The highest BCUT2D eigenvalue weighted by atomic mass is 32.1. The van der Waals surface area contributed by atoms with Crippen LogP contribution in [0.2, 0.25) is 0 Å². The first-order chi connectivity index (χ1) is 14.3. The van der Waals surface area contributed by atoms with E-state index in [-0.39, 0.29) is 14.0 Å². The quantitative estimate of drug-likeness (QED) is 0.599. The highest BCUT2D eigenvalue weighted by Gasteiger charge is 2.19. The van der Waals surface area contributed by atoms with Crippen LogP contribution in [-0.4, -0.2) is 60.9 Å². The number of thiophene rings is 1. The van der Waals surface area contributed by atoms with Gasteiger partial charge in [0.2, 0.25) is 0 Å². The predicted molar refractivity (Wildman–Crippen MR) is 129 cm³/mol. The summed E-state index contributed by atoms with van der Waals surface area (Å²) in [5.41, 5.74) is 2.01. The minimum absolute atomic E-state index is 0. The highest BCUT2D eigenvalue weighted by Crippen LogP contribution is 2.32. The van der Waals surface area contributed by atoms with E-state index in [2.05, 4.69) is 46.4 Å². The summed E-state index contributed by atoms with van der Waals surface area (Å²) in [6.45, 7) is 7.87. The van der Waals surface area contributed by atoms with Gasteiger partial charge in [-0.05, 0) is 53.2 Å². The first-order valence-electron chi connectivity index (χ1n) is 10.1. The second-order valence-electron chi connectivity index (χ2n) is 7.11. The zero-order valence-corrected chi connectivity index (χ0v) is 17.6. The molecule has 1 aliphatic heterocycles. The third kappa shape index (κ3) is 5.19. The number of aliphatic hydroxyl groups is 1. The summed E-state index contributed by atoms with van der Waals surface area (Å²) >= 11 is 1.77. The van der Waals surface area contributed by atoms with Crippen molar-refractivity contribution >= 4 is 39.4 Å². The number of rotatable bonds is 7. The SMILES string of the molecule is C.CCN1CCN(c2nc(/C=C/c3cccc(OCCO)c3)cc3ccsc23)CC1. The van der Waals surface area contributed by atoms with Crippen molar-refractivity contribution in [3.8, 4) is 5.75 Å². The molecular weight excluding hydrogens is 394 g/mol. The van der Waals surface area contributed by atoms with Gasteiger partial charge in [0, 0.05) is 26.2 Å². The van der Waals surface area contributed by atoms with Crippen LogP contribution in [0, 0.1) is 0 Å². The molecule has 5 nitrogen and oxygen atoms in total. The minimum Gasteiger partial charge on any atom is -0.491 e. The number of ether oxygens (including phenoxy) is 1. The van der Waals surface area contributed by atoms with E-state index in [1.54, 1.807) is 11.3 Å². The lowest BCUT2D eigenvalue weighted by Gasteiger charge is -2.35. The van der Waals surface area contributed by atoms with E-state index < -0.39 is 0 Å². The maximum Gasteiger partial charge on any atom is 0.147 e. The molecule has 3 heterocycles. The molecule has 0 bridgehead atoms. The molecule has 0 unspecified atom stereocenters. The molecular formula is C24H31N3O2S. The van der Waals surface area contributed by atoms with Gasteiger partial charge in [-0.25, -0.2) is 4.98 Å². The third-order valence-corrected chi connectivity index (χ3v) is 6.15. The number of aromatic nitrogens is 1. The largest absolute Gasteiger partial charge is 0.491 e. The van der Waals surface area contributed by atoms with E-state index in [0.717, 1.165) is 55.5 Å². The number of benzene rings is 1. The Morgan fingerprint density at radius 2 is 1.97 bits per heavy atom.